The minimum atomic E-state index is -0.608. The summed E-state index contributed by atoms with van der Waals surface area (Å²) >= 11 is 8.96. The van der Waals surface area contributed by atoms with Gasteiger partial charge in [0.25, 0.3) is 11.2 Å². The lowest BCUT2D eigenvalue weighted by Crippen LogP contribution is -2.28. The number of nitro benzene ring substituents is 1. The molecule has 1 amide bonds. The number of nitrogens with zero attached hydrogens (tertiary/aromatic N) is 3. The average molecular weight is 569 g/mol. The first kappa shape index (κ1) is 26.4. The fourth-order valence-electron chi connectivity index (χ4n) is 4.56. The number of nitrogens with one attached hydrogen (secondary N) is 1. The number of carbonyl (C=O) groups excluding carboxylic acids is 1. The summed E-state index contributed by atoms with van der Waals surface area (Å²) in [5.41, 5.74) is 2.32. The average Bonchev–Trinajstić information content (AvgIpc) is 3.28. The zero-order valence-electron chi connectivity index (χ0n) is 20.6. The van der Waals surface area contributed by atoms with E-state index in [9.17, 15) is 19.7 Å². The van der Waals surface area contributed by atoms with Crippen LogP contribution in [-0.2, 0) is 30.6 Å². The first-order chi connectivity index (χ1) is 18.3. The Balaban J connectivity index is 1.44. The van der Waals surface area contributed by atoms with Gasteiger partial charge in [-0.2, -0.15) is 0 Å². The summed E-state index contributed by atoms with van der Waals surface area (Å²) in [4.78, 5) is 44.2. The molecule has 196 valence electrons. The number of carbonyl (C=O) groups is 1. The molecule has 0 radical (unpaired) electrons. The molecule has 0 bridgehead atoms. The van der Waals surface area contributed by atoms with E-state index in [0.29, 0.717) is 18.1 Å². The smallest absolute Gasteiger partial charge is 0.271 e. The van der Waals surface area contributed by atoms with Gasteiger partial charge in [-0.05, 0) is 56.2 Å². The monoisotopic (exact) mass is 568 g/mol. The zero-order valence-corrected chi connectivity index (χ0v) is 23.0. The summed E-state index contributed by atoms with van der Waals surface area (Å²) in [5.74, 6) is -0.347. The van der Waals surface area contributed by atoms with Crippen molar-refractivity contribution in [1.29, 1.82) is 0 Å². The first-order valence-corrected chi connectivity index (χ1v) is 14.4. The van der Waals surface area contributed by atoms with E-state index >= 15 is 0 Å². The molecular formula is C27H25ClN4O4S2. The summed E-state index contributed by atoms with van der Waals surface area (Å²) in [7, 11) is 0. The molecule has 5 rings (SSSR count). The molecule has 0 unspecified atom stereocenters. The molecule has 4 aromatic rings. The molecule has 0 saturated heterocycles. The molecule has 1 aliphatic rings. The normalized spacial score (nSPS) is 13.7. The van der Waals surface area contributed by atoms with E-state index in [1.807, 2.05) is 30.3 Å². The number of benzene rings is 2. The van der Waals surface area contributed by atoms with Gasteiger partial charge in [0.2, 0.25) is 5.91 Å². The molecule has 1 atom stereocenters. The van der Waals surface area contributed by atoms with Crippen LogP contribution in [0.5, 0.6) is 0 Å². The first-order valence-electron chi connectivity index (χ1n) is 12.3. The van der Waals surface area contributed by atoms with Crippen LogP contribution in [0.2, 0.25) is 5.02 Å². The zero-order chi connectivity index (χ0) is 26.8. The highest BCUT2D eigenvalue weighted by molar-refractivity contribution is 8.00. The third kappa shape index (κ3) is 5.48. The number of aromatic nitrogens is 2. The van der Waals surface area contributed by atoms with E-state index < -0.39 is 10.2 Å². The number of non-ortho nitro benzene ring substituents is 1. The van der Waals surface area contributed by atoms with Gasteiger partial charge in [-0.15, -0.1) is 11.3 Å². The van der Waals surface area contributed by atoms with E-state index in [4.69, 9.17) is 16.6 Å². The predicted octanol–water partition coefficient (Wildman–Crippen LogP) is 6.26. The summed E-state index contributed by atoms with van der Waals surface area (Å²) < 4.78 is 1.70. The molecule has 2 heterocycles. The number of rotatable bonds is 8. The van der Waals surface area contributed by atoms with Gasteiger partial charge in [0.1, 0.15) is 4.83 Å². The van der Waals surface area contributed by atoms with Crippen molar-refractivity contribution < 1.29 is 9.72 Å². The number of amides is 1. The van der Waals surface area contributed by atoms with Crippen LogP contribution in [-0.4, -0.2) is 25.6 Å². The summed E-state index contributed by atoms with van der Waals surface area (Å²) in [6.07, 6.45) is 4.71. The van der Waals surface area contributed by atoms with Crippen molar-refractivity contribution in [3.8, 4) is 0 Å². The van der Waals surface area contributed by atoms with Crippen molar-refractivity contribution in [1.82, 2.24) is 9.55 Å². The van der Waals surface area contributed by atoms with Crippen LogP contribution >= 0.6 is 34.7 Å². The quantitative estimate of drug-likeness (QED) is 0.116. The van der Waals surface area contributed by atoms with Crippen LogP contribution in [0, 0.1) is 10.1 Å². The molecule has 0 fully saturated rings. The Morgan fingerprint density at radius 2 is 2.00 bits per heavy atom. The van der Waals surface area contributed by atoms with Crippen LogP contribution < -0.4 is 10.9 Å². The second-order valence-corrected chi connectivity index (χ2v) is 11.9. The van der Waals surface area contributed by atoms with Crippen LogP contribution in [0.4, 0.5) is 11.4 Å². The third-order valence-corrected chi connectivity index (χ3v) is 9.17. The van der Waals surface area contributed by atoms with Gasteiger partial charge in [0.05, 0.1) is 26.3 Å². The van der Waals surface area contributed by atoms with Gasteiger partial charge >= 0.3 is 0 Å². The highest BCUT2D eigenvalue weighted by atomic mass is 35.5. The number of fused-ring (bicyclic) bond motifs is 3. The Morgan fingerprint density at radius 3 is 2.74 bits per heavy atom. The van der Waals surface area contributed by atoms with Crippen molar-refractivity contribution in [2.45, 2.75) is 56.0 Å². The highest BCUT2D eigenvalue weighted by Crippen LogP contribution is 2.35. The summed E-state index contributed by atoms with van der Waals surface area (Å²) in [6.45, 7) is 2.18. The Hall–Kier alpha value is -3.21. The van der Waals surface area contributed by atoms with E-state index in [0.717, 1.165) is 47.0 Å². The van der Waals surface area contributed by atoms with E-state index in [-0.39, 0.29) is 27.9 Å². The number of halogens is 1. The number of thiophene rings is 1. The fourth-order valence-corrected chi connectivity index (χ4v) is 7.02. The maximum Gasteiger partial charge on any atom is 0.271 e. The molecular weight excluding hydrogens is 544 g/mol. The third-order valence-electron chi connectivity index (χ3n) is 6.58. The maximum atomic E-state index is 13.8. The van der Waals surface area contributed by atoms with Crippen molar-refractivity contribution in [2.24, 2.45) is 0 Å². The van der Waals surface area contributed by atoms with Crippen LogP contribution in [0.3, 0.4) is 0 Å². The lowest BCUT2D eigenvalue weighted by Gasteiger charge is -2.17. The Labute approximate surface area is 232 Å². The predicted molar refractivity (Wildman–Crippen MR) is 153 cm³/mol. The van der Waals surface area contributed by atoms with Crippen molar-refractivity contribution in [2.75, 3.05) is 5.32 Å². The van der Waals surface area contributed by atoms with Gasteiger partial charge in [-0.25, -0.2) is 4.98 Å². The minimum Gasteiger partial charge on any atom is -0.324 e. The van der Waals surface area contributed by atoms with E-state index in [1.165, 1.54) is 34.8 Å². The SMILES string of the molecule is C[C@H](Sc1nc2sc3c(c2c(=O)n1CCc1ccccc1)CCCC3)C(=O)Nc1ccc([N+](=O)[O-])cc1Cl. The number of hydrogen-bond donors (Lipinski definition) is 1. The van der Waals surface area contributed by atoms with Gasteiger partial charge < -0.3 is 5.32 Å². The molecule has 1 aliphatic carbocycles. The Bertz CT molecular complexity index is 1590. The fraction of sp³-hybridized carbons (Fsp3) is 0.296. The van der Waals surface area contributed by atoms with Gasteiger partial charge in [0, 0.05) is 23.6 Å². The van der Waals surface area contributed by atoms with Gasteiger partial charge in [-0.1, -0.05) is 53.7 Å². The second kappa shape index (κ2) is 11.3. The highest BCUT2D eigenvalue weighted by Gasteiger charge is 2.25. The number of nitro groups is 1. The summed E-state index contributed by atoms with van der Waals surface area (Å²) in [6, 6.07) is 13.9. The van der Waals surface area contributed by atoms with E-state index in [1.54, 1.807) is 22.8 Å². The molecule has 11 heteroatoms. The van der Waals surface area contributed by atoms with Crippen molar-refractivity contribution >= 4 is 62.2 Å². The van der Waals surface area contributed by atoms with Crippen LogP contribution in [0.25, 0.3) is 10.2 Å². The van der Waals surface area contributed by atoms with Gasteiger partial charge in [0.15, 0.2) is 5.16 Å². The molecule has 0 aliphatic heterocycles. The molecule has 0 saturated carbocycles. The van der Waals surface area contributed by atoms with Crippen LogP contribution in [0.1, 0.15) is 35.8 Å². The Morgan fingerprint density at radius 1 is 1.24 bits per heavy atom. The van der Waals surface area contributed by atoms with Crippen LogP contribution in [0.15, 0.2) is 58.5 Å². The molecule has 2 aromatic carbocycles. The second-order valence-electron chi connectivity index (χ2n) is 9.15. The van der Waals surface area contributed by atoms with Gasteiger partial charge in [-0.3, -0.25) is 24.3 Å². The minimum absolute atomic E-state index is 0.0566. The number of aryl methyl sites for hydroxylation is 3. The molecule has 8 nitrogen and oxygen atoms in total. The van der Waals surface area contributed by atoms with Crippen molar-refractivity contribution in [3.63, 3.8) is 0 Å². The number of hydrogen-bond acceptors (Lipinski definition) is 7. The lowest BCUT2D eigenvalue weighted by molar-refractivity contribution is -0.384. The maximum absolute atomic E-state index is 13.8. The standard InChI is InChI=1S/C27H25ClN4O4S2/c1-16(24(33)29-21-12-11-18(32(35)36)15-20(21)28)37-27-30-25-23(19-9-5-6-10-22(19)38-25)26(34)31(27)14-13-17-7-3-2-4-8-17/h2-4,7-8,11-12,15-16H,5-6,9-10,13-14H2,1H3,(H,29,33)/t16-/m0/s1. The number of anilines is 1. The van der Waals surface area contributed by atoms with Crippen molar-refractivity contribution in [3.05, 3.63) is 90.0 Å². The lowest BCUT2D eigenvalue weighted by atomic mass is 9.97. The Kier molecular flexibility index (Phi) is 7.83. The summed E-state index contributed by atoms with van der Waals surface area (Å²) in [5, 5.41) is 14.4. The molecule has 1 N–H and O–H groups in total. The molecule has 38 heavy (non-hydrogen) atoms. The number of thioether (sulfide) groups is 1. The largest absolute Gasteiger partial charge is 0.324 e. The van der Waals surface area contributed by atoms with E-state index in [2.05, 4.69) is 5.32 Å². The molecule has 2 aromatic heterocycles. The molecule has 0 spiro atoms. The topological polar surface area (TPSA) is 107 Å².